The van der Waals surface area contributed by atoms with E-state index in [0.29, 0.717) is 22.2 Å². The standard InChI is InChI=1S/C12H16ClN3OS/c1-12(2,10(14)18)7-15-11(17)16-9-5-3-8(13)4-6-9/h3-6H,7H2,1-2H3,(H2,14,18)(H2,15,16,17). The number of hydrogen-bond donors (Lipinski definition) is 3. The van der Waals surface area contributed by atoms with E-state index in [-0.39, 0.29) is 6.03 Å². The van der Waals surface area contributed by atoms with Gasteiger partial charge in [0.2, 0.25) is 0 Å². The summed E-state index contributed by atoms with van der Waals surface area (Å²) >= 11 is 10.7. The van der Waals surface area contributed by atoms with Crippen LogP contribution in [0.2, 0.25) is 5.02 Å². The van der Waals surface area contributed by atoms with Crippen molar-refractivity contribution in [2.24, 2.45) is 11.1 Å². The third-order valence-electron chi connectivity index (χ3n) is 2.46. The molecule has 98 valence electrons. The molecule has 1 aromatic carbocycles. The highest BCUT2D eigenvalue weighted by atomic mass is 35.5. The summed E-state index contributed by atoms with van der Waals surface area (Å²) in [5, 5.41) is 6.03. The number of thiocarbonyl (C=S) groups is 1. The van der Waals surface area contributed by atoms with Gasteiger partial charge < -0.3 is 16.4 Å². The van der Waals surface area contributed by atoms with Gasteiger partial charge in [0.25, 0.3) is 0 Å². The molecule has 6 heteroatoms. The molecule has 0 spiro atoms. The molecule has 0 aromatic heterocycles. The number of benzene rings is 1. The molecule has 18 heavy (non-hydrogen) atoms. The summed E-state index contributed by atoms with van der Waals surface area (Å²) in [6.45, 7) is 4.12. The maximum absolute atomic E-state index is 11.6. The second-order valence-corrected chi connectivity index (χ2v) is 5.44. The van der Waals surface area contributed by atoms with Crippen molar-refractivity contribution in [3.8, 4) is 0 Å². The van der Waals surface area contributed by atoms with Gasteiger partial charge >= 0.3 is 6.03 Å². The Hall–Kier alpha value is -1.33. The number of hydrogen-bond acceptors (Lipinski definition) is 2. The van der Waals surface area contributed by atoms with E-state index in [1.807, 2.05) is 13.8 Å². The van der Waals surface area contributed by atoms with Crippen molar-refractivity contribution < 1.29 is 4.79 Å². The highest BCUT2D eigenvalue weighted by molar-refractivity contribution is 7.80. The number of rotatable bonds is 4. The normalized spacial score (nSPS) is 10.8. The average Bonchev–Trinajstić information content (AvgIpc) is 2.29. The Morgan fingerprint density at radius 2 is 1.94 bits per heavy atom. The summed E-state index contributed by atoms with van der Waals surface area (Å²) in [5.74, 6) is 0. The van der Waals surface area contributed by atoms with Gasteiger partial charge in [0.15, 0.2) is 0 Å². The smallest absolute Gasteiger partial charge is 0.319 e. The first-order valence-electron chi connectivity index (χ1n) is 5.41. The molecule has 0 atom stereocenters. The van der Waals surface area contributed by atoms with Gasteiger partial charge in [0.1, 0.15) is 0 Å². The molecule has 0 bridgehead atoms. The van der Waals surface area contributed by atoms with E-state index in [9.17, 15) is 4.79 Å². The minimum absolute atomic E-state index is 0.304. The highest BCUT2D eigenvalue weighted by Crippen LogP contribution is 2.15. The molecular weight excluding hydrogens is 270 g/mol. The molecule has 4 nitrogen and oxygen atoms in total. The monoisotopic (exact) mass is 285 g/mol. The van der Waals surface area contributed by atoms with Crippen LogP contribution in [0.1, 0.15) is 13.8 Å². The van der Waals surface area contributed by atoms with Crippen molar-refractivity contribution in [1.29, 1.82) is 0 Å². The molecule has 2 amide bonds. The Morgan fingerprint density at radius 1 is 1.39 bits per heavy atom. The molecule has 1 aromatic rings. The van der Waals surface area contributed by atoms with Gasteiger partial charge in [-0.2, -0.15) is 0 Å². The maximum Gasteiger partial charge on any atom is 0.319 e. The largest absolute Gasteiger partial charge is 0.393 e. The van der Waals surface area contributed by atoms with Crippen molar-refractivity contribution in [3.63, 3.8) is 0 Å². The molecule has 0 aliphatic heterocycles. The van der Waals surface area contributed by atoms with E-state index in [1.165, 1.54) is 0 Å². The Kier molecular flexibility index (Phi) is 4.93. The lowest BCUT2D eigenvalue weighted by atomic mass is 9.94. The Bertz CT molecular complexity index is 445. The van der Waals surface area contributed by atoms with E-state index in [2.05, 4.69) is 10.6 Å². The van der Waals surface area contributed by atoms with Crippen LogP contribution in [0.15, 0.2) is 24.3 Å². The van der Waals surface area contributed by atoms with E-state index < -0.39 is 5.41 Å². The molecule has 0 saturated heterocycles. The maximum atomic E-state index is 11.6. The number of halogens is 1. The van der Waals surface area contributed by atoms with Crippen LogP contribution in [0.5, 0.6) is 0 Å². The molecule has 0 heterocycles. The molecule has 1 rings (SSSR count). The molecule has 0 aliphatic rings. The minimum atomic E-state index is -0.410. The van der Waals surface area contributed by atoms with Crippen molar-refractivity contribution in [3.05, 3.63) is 29.3 Å². The van der Waals surface area contributed by atoms with E-state index in [1.54, 1.807) is 24.3 Å². The molecule has 4 N–H and O–H groups in total. The van der Waals surface area contributed by atoms with Gasteiger partial charge in [-0.25, -0.2) is 4.79 Å². The van der Waals surface area contributed by atoms with Crippen molar-refractivity contribution >= 4 is 40.5 Å². The lowest BCUT2D eigenvalue weighted by Gasteiger charge is -2.23. The second kappa shape index (κ2) is 6.02. The Balaban J connectivity index is 2.48. The van der Waals surface area contributed by atoms with Crippen LogP contribution in [0.4, 0.5) is 10.5 Å². The molecule has 0 fully saturated rings. The number of nitrogens with two attached hydrogens (primary N) is 1. The fourth-order valence-electron chi connectivity index (χ4n) is 1.10. The zero-order valence-corrected chi connectivity index (χ0v) is 11.9. The molecule has 0 saturated carbocycles. The first-order chi connectivity index (χ1) is 8.31. The number of nitrogens with one attached hydrogen (secondary N) is 2. The van der Waals surface area contributed by atoms with Crippen LogP contribution >= 0.6 is 23.8 Å². The fraction of sp³-hybridized carbons (Fsp3) is 0.333. The number of carbonyl (C=O) groups excluding carboxylic acids is 1. The third-order valence-corrected chi connectivity index (χ3v) is 3.26. The molecule has 0 unspecified atom stereocenters. The second-order valence-electron chi connectivity index (χ2n) is 4.56. The number of anilines is 1. The van der Waals surface area contributed by atoms with Crippen LogP contribution in [-0.4, -0.2) is 17.6 Å². The van der Waals surface area contributed by atoms with E-state index in [4.69, 9.17) is 29.6 Å². The van der Waals surface area contributed by atoms with Crippen molar-refractivity contribution in [1.82, 2.24) is 5.32 Å². The number of amides is 2. The van der Waals surface area contributed by atoms with Crippen LogP contribution in [0, 0.1) is 5.41 Å². The Morgan fingerprint density at radius 3 is 2.44 bits per heavy atom. The SMILES string of the molecule is CC(C)(CNC(=O)Nc1ccc(Cl)cc1)C(N)=S. The summed E-state index contributed by atoms with van der Waals surface area (Å²) in [7, 11) is 0. The lowest BCUT2D eigenvalue weighted by molar-refractivity contribution is 0.249. The summed E-state index contributed by atoms with van der Waals surface area (Å²) in [6, 6.07) is 6.55. The first kappa shape index (κ1) is 14.7. The summed E-state index contributed by atoms with van der Waals surface area (Å²) in [6.07, 6.45) is 0. The van der Waals surface area contributed by atoms with Gasteiger partial charge in [0.05, 0.1) is 4.99 Å². The van der Waals surface area contributed by atoms with Crippen molar-refractivity contribution in [2.75, 3.05) is 11.9 Å². The third kappa shape index (κ3) is 4.50. The van der Waals surface area contributed by atoms with Crippen LogP contribution in [0.3, 0.4) is 0 Å². The van der Waals surface area contributed by atoms with Gasteiger partial charge in [-0.1, -0.05) is 37.7 Å². The lowest BCUT2D eigenvalue weighted by Crippen LogP contribution is -2.42. The molecule has 0 aliphatic carbocycles. The summed E-state index contributed by atoms with van der Waals surface area (Å²) in [4.78, 5) is 12.0. The molecule has 0 radical (unpaired) electrons. The number of urea groups is 1. The van der Waals surface area contributed by atoms with Crippen molar-refractivity contribution in [2.45, 2.75) is 13.8 Å². The first-order valence-corrected chi connectivity index (χ1v) is 6.20. The van der Waals surface area contributed by atoms with Crippen LogP contribution in [0.25, 0.3) is 0 Å². The summed E-state index contributed by atoms with van der Waals surface area (Å²) < 4.78 is 0. The zero-order valence-electron chi connectivity index (χ0n) is 10.3. The zero-order chi connectivity index (χ0) is 13.8. The summed E-state index contributed by atoms with van der Waals surface area (Å²) in [5.41, 5.74) is 5.83. The van der Waals surface area contributed by atoms with Crippen LogP contribution < -0.4 is 16.4 Å². The predicted octanol–water partition coefficient (Wildman–Crippen LogP) is 2.77. The van der Waals surface area contributed by atoms with E-state index >= 15 is 0 Å². The fourth-order valence-corrected chi connectivity index (χ4v) is 1.30. The highest BCUT2D eigenvalue weighted by Gasteiger charge is 2.21. The van der Waals surface area contributed by atoms with Gasteiger partial charge in [0, 0.05) is 22.7 Å². The van der Waals surface area contributed by atoms with Gasteiger partial charge in [-0.3, -0.25) is 0 Å². The quantitative estimate of drug-likeness (QED) is 0.745. The molecular formula is C12H16ClN3OS. The van der Waals surface area contributed by atoms with Gasteiger partial charge in [-0.05, 0) is 24.3 Å². The van der Waals surface area contributed by atoms with Gasteiger partial charge in [-0.15, -0.1) is 0 Å². The number of carbonyl (C=O) groups is 1. The average molecular weight is 286 g/mol. The van der Waals surface area contributed by atoms with Crippen LogP contribution in [-0.2, 0) is 0 Å². The van der Waals surface area contributed by atoms with E-state index in [0.717, 1.165) is 0 Å². The minimum Gasteiger partial charge on any atom is -0.393 e. The predicted molar refractivity (Wildman–Crippen MR) is 79.0 cm³/mol. The topological polar surface area (TPSA) is 67.2 Å². The Labute approximate surface area is 117 Å².